The highest BCUT2D eigenvalue weighted by atomic mass is 16.6. The molecule has 0 atom stereocenters. The summed E-state index contributed by atoms with van der Waals surface area (Å²) in [5.74, 6) is -0.413. The molecule has 1 aromatic carbocycles. The van der Waals surface area contributed by atoms with Gasteiger partial charge in [0.25, 0.3) is 11.6 Å². The molecule has 8 heteroatoms. The number of nitrogens with zero attached hydrogens (tertiary/aromatic N) is 4. The molecule has 3 rings (SSSR count). The van der Waals surface area contributed by atoms with E-state index in [1.54, 1.807) is 30.0 Å². The summed E-state index contributed by atoms with van der Waals surface area (Å²) in [6.07, 6.45) is 3.92. The molecule has 0 radical (unpaired) electrons. The Morgan fingerprint density at radius 1 is 1.15 bits per heavy atom. The summed E-state index contributed by atoms with van der Waals surface area (Å²) in [6, 6.07) is 7.42. The van der Waals surface area contributed by atoms with E-state index >= 15 is 0 Å². The molecule has 1 aliphatic heterocycles. The molecular weight excluding hydrogens is 336 g/mol. The first-order chi connectivity index (χ1) is 12.5. The maximum absolute atomic E-state index is 12.8. The van der Waals surface area contributed by atoms with Gasteiger partial charge in [0.2, 0.25) is 5.43 Å². The van der Waals surface area contributed by atoms with Crippen LogP contribution in [-0.4, -0.2) is 38.6 Å². The zero-order valence-electron chi connectivity index (χ0n) is 14.6. The second-order valence-corrected chi connectivity index (χ2v) is 6.36. The molecule has 0 bridgehead atoms. The molecule has 8 nitrogen and oxygen atoms in total. The highest BCUT2D eigenvalue weighted by Gasteiger charge is 2.24. The van der Waals surface area contributed by atoms with Crippen LogP contribution in [0.3, 0.4) is 0 Å². The van der Waals surface area contributed by atoms with Crippen LogP contribution in [0, 0.1) is 17.0 Å². The number of carbonyl (C=O) groups is 1. The number of likely N-dealkylation sites (tertiary alicyclic amines) is 1. The van der Waals surface area contributed by atoms with E-state index in [1.807, 2.05) is 0 Å². The Balaban J connectivity index is 2.07. The molecule has 2 aromatic rings. The summed E-state index contributed by atoms with van der Waals surface area (Å²) in [5, 5.41) is 15.5. The third kappa shape index (κ3) is 3.49. The lowest BCUT2D eigenvalue weighted by atomic mass is 10.2. The summed E-state index contributed by atoms with van der Waals surface area (Å²) in [6.45, 7) is 2.82. The van der Waals surface area contributed by atoms with Gasteiger partial charge in [-0.2, -0.15) is 5.10 Å². The second-order valence-electron chi connectivity index (χ2n) is 6.36. The van der Waals surface area contributed by atoms with E-state index in [-0.39, 0.29) is 17.1 Å². The summed E-state index contributed by atoms with van der Waals surface area (Å²) in [4.78, 5) is 37.6. The molecule has 1 saturated heterocycles. The fourth-order valence-corrected chi connectivity index (χ4v) is 3.16. The van der Waals surface area contributed by atoms with E-state index in [9.17, 15) is 19.7 Å². The van der Waals surface area contributed by atoms with Crippen LogP contribution < -0.4 is 5.43 Å². The SMILES string of the molecule is Cc1cc(=O)c(C(=O)N2CCCCCC2)nn1-c1ccccc1[N+](=O)[O-]. The van der Waals surface area contributed by atoms with Gasteiger partial charge in [-0.15, -0.1) is 0 Å². The van der Waals surface area contributed by atoms with Crippen molar-refractivity contribution in [2.75, 3.05) is 13.1 Å². The summed E-state index contributed by atoms with van der Waals surface area (Å²) in [5.41, 5.74) is -0.154. The molecule has 0 saturated carbocycles. The predicted molar refractivity (Wildman–Crippen MR) is 95.6 cm³/mol. The molecular formula is C18H20N4O4. The first-order valence-electron chi connectivity index (χ1n) is 8.63. The van der Waals surface area contributed by atoms with Crippen molar-refractivity contribution in [3.63, 3.8) is 0 Å². The van der Waals surface area contributed by atoms with Crippen LogP contribution in [0.2, 0.25) is 0 Å². The number of aryl methyl sites for hydroxylation is 1. The smallest absolute Gasteiger partial charge is 0.294 e. The monoisotopic (exact) mass is 356 g/mol. The Kier molecular flexibility index (Phi) is 5.11. The van der Waals surface area contributed by atoms with Crippen molar-refractivity contribution >= 4 is 11.6 Å². The number of carbonyl (C=O) groups excluding carboxylic acids is 1. The lowest BCUT2D eigenvalue weighted by molar-refractivity contribution is -0.384. The molecule has 0 aliphatic carbocycles. The maximum Gasteiger partial charge on any atom is 0.294 e. The first kappa shape index (κ1) is 17.8. The highest BCUT2D eigenvalue weighted by molar-refractivity contribution is 5.92. The summed E-state index contributed by atoms with van der Waals surface area (Å²) >= 11 is 0. The Hall–Kier alpha value is -3.03. The zero-order valence-corrected chi connectivity index (χ0v) is 14.6. The number of rotatable bonds is 3. The third-order valence-corrected chi connectivity index (χ3v) is 4.51. The van der Waals surface area contributed by atoms with Crippen LogP contribution >= 0.6 is 0 Å². The van der Waals surface area contributed by atoms with Crippen LogP contribution in [-0.2, 0) is 0 Å². The van der Waals surface area contributed by atoms with Gasteiger partial charge in [-0.25, -0.2) is 4.68 Å². The van der Waals surface area contributed by atoms with Gasteiger partial charge in [0.1, 0.15) is 5.69 Å². The first-order valence-corrected chi connectivity index (χ1v) is 8.63. The Morgan fingerprint density at radius 3 is 2.46 bits per heavy atom. The summed E-state index contributed by atoms with van der Waals surface area (Å²) < 4.78 is 1.30. The molecule has 0 N–H and O–H groups in total. The van der Waals surface area contributed by atoms with E-state index in [2.05, 4.69) is 5.10 Å². The Labute approximate surface area is 150 Å². The quantitative estimate of drug-likeness (QED) is 0.621. The number of benzene rings is 1. The fraction of sp³-hybridized carbons (Fsp3) is 0.389. The molecule has 2 heterocycles. The lowest BCUT2D eigenvalue weighted by Crippen LogP contribution is -2.37. The number of para-hydroxylation sites is 2. The van der Waals surface area contributed by atoms with Crippen LogP contribution in [0.1, 0.15) is 41.9 Å². The minimum Gasteiger partial charge on any atom is -0.337 e. The van der Waals surface area contributed by atoms with Gasteiger partial charge < -0.3 is 4.90 Å². The lowest BCUT2D eigenvalue weighted by Gasteiger charge is -2.20. The minimum atomic E-state index is -0.509. The van der Waals surface area contributed by atoms with Crippen molar-refractivity contribution in [2.45, 2.75) is 32.6 Å². The summed E-state index contributed by atoms with van der Waals surface area (Å²) in [7, 11) is 0. The molecule has 0 spiro atoms. The van der Waals surface area contributed by atoms with Gasteiger partial charge in [-0.05, 0) is 25.8 Å². The van der Waals surface area contributed by atoms with Crippen LogP contribution in [0.15, 0.2) is 35.1 Å². The number of nitro groups is 1. The van der Waals surface area contributed by atoms with Gasteiger partial charge in [-0.1, -0.05) is 25.0 Å². The van der Waals surface area contributed by atoms with Crippen molar-refractivity contribution in [3.8, 4) is 5.69 Å². The zero-order chi connectivity index (χ0) is 18.7. The van der Waals surface area contributed by atoms with Crippen molar-refractivity contribution in [3.05, 3.63) is 62.1 Å². The van der Waals surface area contributed by atoms with Gasteiger partial charge in [0.15, 0.2) is 5.69 Å². The van der Waals surface area contributed by atoms with Crippen LogP contribution in [0.5, 0.6) is 0 Å². The average molecular weight is 356 g/mol. The molecule has 0 unspecified atom stereocenters. The van der Waals surface area contributed by atoms with Crippen LogP contribution in [0.4, 0.5) is 5.69 Å². The minimum absolute atomic E-state index is 0.139. The van der Waals surface area contributed by atoms with E-state index in [4.69, 9.17) is 0 Å². The van der Waals surface area contributed by atoms with E-state index in [0.29, 0.717) is 18.8 Å². The number of hydrogen-bond donors (Lipinski definition) is 0. The van der Waals surface area contributed by atoms with E-state index in [1.165, 1.54) is 16.8 Å². The normalized spacial score (nSPS) is 14.7. The number of nitro benzene ring substituents is 1. The van der Waals surface area contributed by atoms with Crippen molar-refractivity contribution < 1.29 is 9.72 Å². The standard InChI is InChI=1S/C18H20N4O4/c1-13-12-16(23)17(18(24)20-10-6-2-3-7-11-20)19-21(13)14-8-4-5-9-15(14)22(25)26/h4-5,8-9,12H,2-3,6-7,10-11H2,1H3. The van der Waals surface area contributed by atoms with E-state index in [0.717, 1.165) is 25.7 Å². The Morgan fingerprint density at radius 2 is 1.81 bits per heavy atom. The van der Waals surface area contributed by atoms with Crippen molar-refractivity contribution in [1.82, 2.24) is 14.7 Å². The Bertz CT molecular complexity index is 898. The predicted octanol–water partition coefficient (Wildman–Crippen LogP) is 2.47. The number of amides is 1. The van der Waals surface area contributed by atoms with Gasteiger partial charge in [-0.3, -0.25) is 19.7 Å². The van der Waals surface area contributed by atoms with Crippen molar-refractivity contribution in [2.24, 2.45) is 0 Å². The molecule has 1 aliphatic rings. The van der Waals surface area contributed by atoms with Crippen molar-refractivity contribution in [1.29, 1.82) is 0 Å². The molecule has 136 valence electrons. The highest BCUT2D eigenvalue weighted by Crippen LogP contribution is 2.22. The molecule has 1 fully saturated rings. The molecule has 26 heavy (non-hydrogen) atoms. The van der Waals surface area contributed by atoms with E-state index < -0.39 is 16.3 Å². The number of hydrogen-bond acceptors (Lipinski definition) is 5. The fourth-order valence-electron chi connectivity index (χ4n) is 3.16. The van der Waals surface area contributed by atoms with Gasteiger partial charge in [0.05, 0.1) is 4.92 Å². The average Bonchev–Trinajstić information content (AvgIpc) is 2.91. The molecule has 1 amide bonds. The third-order valence-electron chi connectivity index (χ3n) is 4.51. The topological polar surface area (TPSA) is 98.3 Å². The second kappa shape index (κ2) is 7.47. The number of aromatic nitrogens is 2. The largest absolute Gasteiger partial charge is 0.337 e. The van der Waals surface area contributed by atoms with Crippen LogP contribution in [0.25, 0.3) is 5.69 Å². The van der Waals surface area contributed by atoms with Gasteiger partial charge >= 0.3 is 0 Å². The van der Waals surface area contributed by atoms with Gasteiger partial charge in [0, 0.05) is 30.9 Å². The maximum atomic E-state index is 12.8. The molecule has 1 aromatic heterocycles.